The summed E-state index contributed by atoms with van der Waals surface area (Å²) in [6, 6.07) is 16.8. The molecular formula is C14H18Hf-2. The SMILES string of the molecule is CC[c-]1cccc1.CC[c-]1cccc1.[Hf]. The first-order valence-corrected chi connectivity index (χ1v) is 5.28. The maximum Gasteiger partial charge on any atom is 0 e. The molecule has 0 saturated heterocycles. The van der Waals surface area contributed by atoms with Crippen molar-refractivity contribution in [1.29, 1.82) is 0 Å². The minimum Gasteiger partial charge on any atom is -0.213 e. The summed E-state index contributed by atoms with van der Waals surface area (Å²) in [4.78, 5) is 0. The van der Waals surface area contributed by atoms with E-state index in [1.807, 2.05) is 0 Å². The van der Waals surface area contributed by atoms with Crippen molar-refractivity contribution in [3.05, 3.63) is 59.7 Å². The van der Waals surface area contributed by atoms with Gasteiger partial charge in [-0.15, -0.1) is 0 Å². The van der Waals surface area contributed by atoms with Gasteiger partial charge in [-0.2, -0.15) is 35.4 Å². The van der Waals surface area contributed by atoms with E-state index in [-0.39, 0.29) is 25.8 Å². The molecule has 0 radical (unpaired) electrons. The van der Waals surface area contributed by atoms with Gasteiger partial charge in [0, 0.05) is 25.8 Å². The summed E-state index contributed by atoms with van der Waals surface area (Å²) in [6.07, 6.45) is 2.32. The van der Waals surface area contributed by atoms with E-state index < -0.39 is 0 Å². The molecule has 0 amide bonds. The second-order valence-electron chi connectivity index (χ2n) is 3.29. The van der Waals surface area contributed by atoms with E-state index in [4.69, 9.17) is 0 Å². The molecule has 1 heteroatoms. The van der Waals surface area contributed by atoms with Gasteiger partial charge in [0.15, 0.2) is 0 Å². The zero-order chi connectivity index (χ0) is 10.2. The van der Waals surface area contributed by atoms with Crippen molar-refractivity contribution in [3.63, 3.8) is 0 Å². The molecule has 2 aromatic rings. The van der Waals surface area contributed by atoms with Crippen molar-refractivity contribution in [2.75, 3.05) is 0 Å². The van der Waals surface area contributed by atoms with Crippen molar-refractivity contribution in [2.24, 2.45) is 0 Å². The average Bonchev–Trinajstić information content (AvgIpc) is 2.92. The van der Waals surface area contributed by atoms with Gasteiger partial charge in [-0.25, -0.2) is 24.3 Å². The van der Waals surface area contributed by atoms with Crippen molar-refractivity contribution in [1.82, 2.24) is 0 Å². The molecule has 0 atom stereocenters. The Hall–Kier alpha value is -0.430. The fourth-order valence-electron chi connectivity index (χ4n) is 1.30. The first-order chi connectivity index (χ1) is 6.86. The van der Waals surface area contributed by atoms with Crippen molar-refractivity contribution < 1.29 is 25.8 Å². The fraction of sp³-hybridized carbons (Fsp3) is 0.286. The van der Waals surface area contributed by atoms with Gasteiger partial charge in [-0.1, -0.05) is 26.7 Å². The van der Waals surface area contributed by atoms with Crippen LogP contribution in [-0.4, -0.2) is 0 Å². The van der Waals surface area contributed by atoms with Crippen LogP contribution in [0.1, 0.15) is 25.0 Å². The molecule has 0 aromatic heterocycles. The van der Waals surface area contributed by atoms with E-state index in [0.717, 1.165) is 12.8 Å². The zero-order valence-electron chi connectivity index (χ0n) is 9.53. The summed E-state index contributed by atoms with van der Waals surface area (Å²) < 4.78 is 0. The Morgan fingerprint density at radius 1 is 0.667 bits per heavy atom. The average molecular weight is 365 g/mol. The van der Waals surface area contributed by atoms with Crippen LogP contribution < -0.4 is 0 Å². The third kappa shape index (κ3) is 5.88. The number of hydrogen-bond acceptors (Lipinski definition) is 0. The van der Waals surface area contributed by atoms with Gasteiger partial charge in [-0.05, 0) is 0 Å². The minimum absolute atomic E-state index is 0. The Labute approximate surface area is 112 Å². The quantitative estimate of drug-likeness (QED) is 0.559. The Balaban J connectivity index is 0.000000245. The largest absolute Gasteiger partial charge is 0.213 e. The van der Waals surface area contributed by atoms with Crippen molar-refractivity contribution in [3.8, 4) is 0 Å². The first kappa shape index (κ1) is 14.6. The van der Waals surface area contributed by atoms with Crippen LogP contribution in [0.3, 0.4) is 0 Å². The van der Waals surface area contributed by atoms with Gasteiger partial charge in [-0.3, -0.25) is 0 Å². The third-order valence-electron chi connectivity index (χ3n) is 2.28. The van der Waals surface area contributed by atoms with Gasteiger partial charge in [0.05, 0.1) is 0 Å². The van der Waals surface area contributed by atoms with Crippen LogP contribution in [0.2, 0.25) is 0 Å². The molecule has 15 heavy (non-hydrogen) atoms. The van der Waals surface area contributed by atoms with Crippen LogP contribution in [0.15, 0.2) is 48.5 Å². The monoisotopic (exact) mass is 366 g/mol. The molecule has 0 aliphatic rings. The standard InChI is InChI=1S/2C7H9.Hf/c2*1-2-7-5-3-4-6-7;/h2*3-6H,2H2,1H3;/q2*-1;. The third-order valence-corrected chi connectivity index (χ3v) is 2.28. The van der Waals surface area contributed by atoms with Crippen LogP contribution in [0.25, 0.3) is 0 Å². The Kier molecular flexibility index (Phi) is 8.59. The van der Waals surface area contributed by atoms with Crippen LogP contribution in [0.4, 0.5) is 0 Å². The van der Waals surface area contributed by atoms with E-state index in [1.165, 1.54) is 11.1 Å². The first-order valence-electron chi connectivity index (χ1n) is 5.28. The maximum absolute atomic E-state index is 2.16. The normalized spacial score (nSPS) is 8.67. The molecule has 0 nitrogen and oxygen atoms in total. The van der Waals surface area contributed by atoms with Crippen LogP contribution in [0, 0.1) is 0 Å². The topological polar surface area (TPSA) is 0 Å². The Bertz CT molecular complexity index is 269. The second kappa shape index (κ2) is 8.84. The zero-order valence-corrected chi connectivity index (χ0v) is 13.1. The maximum atomic E-state index is 2.16. The molecule has 0 saturated carbocycles. The van der Waals surface area contributed by atoms with E-state index in [9.17, 15) is 0 Å². The number of rotatable bonds is 2. The van der Waals surface area contributed by atoms with Gasteiger partial charge in [0.2, 0.25) is 0 Å². The summed E-state index contributed by atoms with van der Waals surface area (Å²) in [5, 5.41) is 0. The molecule has 0 spiro atoms. The summed E-state index contributed by atoms with van der Waals surface area (Å²) in [5.41, 5.74) is 2.86. The van der Waals surface area contributed by atoms with E-state index >= 15 is 0 Å². The van der Waals surface area contributed by atoms with Crippen molar-refractivity contribution in [2.45, 2.75) is 26.7 Å². The van der Waals surface area contributed by atoms with Gasteiger partial charge < -0.3 is 0 Å². The Morgan fingerprint density at radius 2 is 0.933 bits per heavy atom. The molecule has 0 aliphatic heterocycles. The summed E-state index contributed by atoms with van der Waals surface area (Å²) in [5.74, 6) is 0. The van der Waals surface area contributed by atoms with E-state index in [0.29, 0.717) is 0 Å². The molecular weight excluding hydrogens is 347 g/mol. The molecule has 0 fully saturated rings. The summed E-state index contributed by atoms with van der Waals surface area (Å²) in [7, 11) is 0. The van der Waals surface area contributed by atoms with E-state index in [2.05, 4.69) is 62.4 Å². The van der Waals surface area contributed by atoms with Gasteiger partial charge in [0.1, 0.15) is 0 Å². The summed E-state index contributed by atoms with van der Waals surface area (Å²) >= 11 is 0. The minimum atomic E-state index is 0. The molecule has 0 bridgehead atoms. The van der Waals surface area contributed by atoms with Gasteiger partial charge >= 0.3 is 0 Å². The molecule has 2 aromatic carbocycles. The van der Waals surface area contributed by atoms with Gasteiger partial charge in [0.25, 0.3) is 0 Å². The number of hydrogen-bond donors (Lipinski definition) is 0. The molecule has 0 N–H and O–H groups in total. The molecule has 2 rings (SSSR count). The van der Waals surface area contributed by atoms with Crippen molar-refractivity contribution >= 4 is 0 Å². The second-order valence-corrected chi connectivity index (χ2v) is 3.29. The van der Waals surface area contributed by atoms with Crippen LogP contribution >= 0.6 is 0 Å². The predicted octanol–water partition coefficient (Wildman–Crippen LogP) is 3.93. The fourth-order valence-corrected chi connectivity index (χ4v) is 1.30. The Morgan fingerprint density at radius 3 is 1.07 bits per heavy atom. The van der Waals surface area contributed by atoms with Crippen LogP contribution in [-0.2, 0) is 38.7 Å². The summed E-state index contributed by atoms with van der Waals surface area (Å²) in [6.45, 7) is 4.32. The molecule has 0 heterocycles. The predicted molar refractivity (Wildman–Crippen MR) is 62.8 cm³/mol. The molecule has 0 unspecified atom stereocenters. The van der Waals surface area contributed by atoms with E-state index in [1.54, 1.807) is 0 Å². The molecule has 80 valence electrons. The smallest absolute Gasteiger partial charge is 0 e. The van der Waals surface area contributed by atoms with Crippen LogP contribution in [0.5, 0.6) is 0 Å². The number of aryl methyl sites for hydroxylation is 2. The molecule has 0 aliphatic carbocycles.